The van der Waals surface area contributed by atoms with Crippen molar-refractivity contribution in [3.63, 3.8) is 0 Å². The number of ether oxygens (including phenoxy) is 2. The van der Waals surface area contributed by atoms with E-state index in [4.69, 9.17) is 9.47 Å². The molecule has 0 bridgehead atoms. The number of benzene rings is 3. The summed E-state index contributed by atoms with van der Waals surface area (Å²) in [5.74, 6) is -1.73. The van der Waals surface area contributed by atoms with Crippen molar-refractivity contribution in [1.82, 2.24) is 0 Å². The van der Waals surface area contributed by atoms with E-state index in [2.05, 4.69) is 0 Å². The molecule has 1 unspecified atom stereocenters. The van der Waals surface area contributed by atoms with E-state index >= 15 is 0 Å². The number of hydrogen-bond acceptors (Lipinski definition) is 6. The van der Waals surface area contributed by atoms with E-state index in [9.17, 15) is 24.2 Å². The van der Waals surface area contributed by atoms with Gasteiger partial charge in [0, 0.05) is 17.3 Å². The molecule has 0 aromatic heterocycles. The Bertz CT molecular complexity index is 1350. The van der Waals surface area contributed by atoms with Gasteiger partial charge >= 0.3 is 0 Å². The number of phenolic OH excluding ortho intramolecular Hbond substituents is 1. The van der Waals surface area contributed by atoms with Crippen molar-refractivity contribution in [3.05, 3.63) is 88.7 Å². The van der Waals surface area contributed by atoms with E-state index in [1.807, 2.05) is 13.8 Å². The summed E-state index contributed by atoms with van der Waals surface area (Å²) in [6, 6.07) is 13.8. The number of aromatic hydroxyl groups is 1. The molecule has 3 aromatic carbocycles. The Kier molecular flexibility index (Phi) is 6.96. The molecular weight excluding hydrogens is 465 g/mol. The molecule has 1 amide bonds. The third-order valence-corrected chi connectivity index (χ3v) is 5.89. The topological polar surface area (TPSA) is 96.3 Å². The van der Waals surface area contributed by atoms with Crippen molar-refractivity contribution in [2.45, 2.75) is 26.8 Å². The van der Waals surface area contributed by atoms with Gasteiger partial charge in [-0.25, -0.2) is 4.39 Å². The van der Waals surface area contributed by atoms with Gasteiger partial charge in [-0.2, -0.15) is 0 Å². The molecule has 0 radical (unpaired) electrons. The normalized spacial score (nSPS) is 16.9. The van der Waals surface area contributed by atoms with Gasteiger partial charge in [0.05, 0.1) is 24.8 Å². The molecule has 0 spiro atoms. The van der Waals surface area contributed by atoms with E-state index < -0.39 is 29.3 Å². The molecule has 1 aliphatic heterocycles. The van der Waals surface area contributed by atoms with Gasteiger partial charge in [0.25, 0.3) is 11.7 Å². The van der Waals surface area contributed by atoms with Gasteiger partial charge in [0.2, 0.25) is 0 Å². The highest BCUT2D eigenvalue weighted by molar-refractivity contribution is 6.51. The summed E-state index contributed by atoms with van der Waals surface area (Å²) in [7, 11) is 0. The molecule has 1 saturated heterocycles. The number of aliphatic hydroxyl groups is 1. The number of hydrogen-bond donors (Lipinski definition) is 2. The Morgan fingerprint density at radius 1 is 0.944 bits per heavy atom. The summed E-state index contributed by atoms with van der Waals surface area (Å²) in [5, 5.41) is 21.0. The Hall–Kier alpha value is -4.33. The average Bonchev–Trinajstić information content (AvgIpc) is 3.12. The van der Waals surface area contributed by atoms with Crippen LogP contribution >= 0.6 is 0 Å². The Morgan fingerprint density at radius 3 is 2.25 bits per heavy atom. The summed E-state index contributed by atoms with van der Waals surface area (Å²) in [6.45, 7) is 5.96. The van der Waals surface area contributed by atoms with Crippen molar-refractivity contribution < 1.29 is 33.7 Å². The quantitative estimate of drug-likeness (QED) is 0.266. The van der Waals surface area contributed by atoms with E-state index in [-0.39, 0.29) is 22.4 Å². The Balaban J connectivity index is 1.92. The number of aryl methyl sites for hydroxylation is 1. The van der Waals surface area contributed by atoms with Gasteiger partial charge in [-0.3, -0.25) is 14.5 Å². The monoisotopic (exact) mass is 491 g/mol. The Morgan fingerprint density at radius 2 is 1.61 bits per heavy atom. The SMILES string of the molecule is CCOc1ccc(N2C(=O)C(=O)/C(=C(/O)c3ccc(F)c(C)c3)C2c2ccc(O)cc2)cc1OCC. The number of rotatable bonds is 7. The maximum atomic E-state index is 13.9. The van der Waals surface area contributed by atoms with Crippen LogP contribution in [0.2, 0.25) is 0 Å². The first-order valence-electron chi connectivity index (χ1n) is 11.5. The first-order valence-corrected chi connectivity index (χ1v) is 11.5. The molecule has 0 saturated carbocycles. The van der Waals surface area contributed by atoms with Crippen LogP contribution in [0.4, 0.5) is 10.1 Å². The lowest BCUT2D eigenvalue weighted by Gasteiger charge is -2.26. The van der Waals surface area contributed by atoms with E-state index in [1.54, 1.807) is 30.3 Å². The lowest BCUT2D eigenvalue weighted by Crippen LogP contribution is -2.29. The molecule has 3 aromatic rings. The summed E-state index contributed by atoms with van der Waals surface area (Å²) in [5.41, 5.74) is 1.18. The van der Waals surface area contributed by atoms with Crippen LogP contribution in [0.5, 0.6) is 17.2 Å². The lowest BCUT2D eigenvalue weighted by molar-refractivity contribution is -0.132. The number of anilines is 1. The van der Waals surface area contributed by atoms with Crippen molar-refractivity contribution in [2.24, 2.45) is 0 Å². The molecule has 2 N–H and O–H groups in total. The van der Waals surface area contributed by atoms with Gasteiger partial charge in [-0.1, -0.05) is 12.1 Å². The fraction of sp³-hybridized carbons (Fsp3) is 0.214. The zero-order chi connectivity index (χ0) is 26.0. The van der Waals surface area contributed by atoms with Crippen molar-refractivity contribution >= 4 is 23.1 Å². The van der Waals surface area contributed by atoms with E-state index in [0.29, 0.717) is 36.0 Å². The largest absolute Gasteiger partial charge is 0.508 e. The third-order valence-electron chi connectivity index (χ3n) is 5.89. The minimum absolute atomic E-state index is 0.00422. The molecule has 8 heteroatoms. The highest BCUT2D eigenvalue weighted by Crippen LogP contribution is 2.44. The minimum Gasteiger partial charge on any atom is -0.508 e. The van der Waals surface area contributed by atoms with Crippen LogP contribution < -0.4 is 14.4 Å². The molecule has 186 valence electrons. The standard InChI is InChI=1S/C28H26FNO6/c1-4-35-22-13-9-19(15-23(22)36-5-2)30-25(17-6-10-20(31)11-7-17)24(27(33)28(30)34)26(32)18-8-12-21(29)16(3)14-18/h6-15,25,31-32H,4-5H2,1-3H3/b26-24+. The molecule has 1 atom stereocenters. The minimum atomic E-state index is -1.01. The molecule has 7 nitrogen and oxygen atoms in total. The molecule has 36 heavy (non-hydrogen) atoms. The maximum absolute atomic E-state index is 13.9. The lowest BCUT2D eigenvalue weighted by atomic mass is 9.94. The van der Waals surface area contributed by atoms with Crippen LogP contribution in [0.1, 0.15) is 36.6 Å². The molecule has 1 heterocycles. The van der Waals surface area contributed by atoms with E-state index in [1.165, 1.54) is 42.2 Å². The fourth-order valence-electron chi connectivity index (χ4n) is 4.21. The zero-order valence-corrected chi connectivity index (χ0v) is 20.1. The van der Waals surface area contributed by atoms with Gasteiger partial charge in [0.1, 0.15) is 17.3 Å². The smallest absolute Gasteiger partial charge is 0.300 e. The number of amides is 1. The first-order chi connectivity index (χ1) is 17.3. The summed E-state index contributed by atoms with van der Waals surface area (Å²) < 4.78 is 25.2. The number of ketones is 1. The van der Waals surface area contributed by atoms with Crippen molar-refractivity contribution in [1.29, 1.82) is 0 Å². The summed E-state index contributed by atoms with van der Waals surface area (Å²) in [6.07, 6.45) is 0. The zero-order valence-electron chi connectivity index (χ0n) is 20.1. The van der Waals surface area contributed by atoms with Crippen LogP contribution in [-0.2, 0) is 9.59 Å². The van der Waals surface area contributed by atoms with Crippen LogP contribution in [0.15, 0.2) is 66.2 Å². The number of nitrogens with zero attached hydrogens (tertiary/aromatic N) is 1. The van der Waals surface area contributed by atoms with Gasteiger partial charge in [-0.05, 0) is 74.4 Å². The maximum Gasteiger partial charge on any atom is 0.300 e. The molecule has 4 rings (SSSR count). The first kappa shape index (κ1) is 24.8. The van der Waals surface area contributed by atoms with Crippen molar-refractivity contribution in [2.75, 3.05) is 18.1 Å². The Labute approximate surface area is 208 Å². The van der Waals surface area contributed by atoms with Gasteiger partial charge in [0.15, 0.2) is 11.5 Å². The second-order valence-corrected chi connectivity index (χ2v) is 8.22. The summed E-state index contributed by atoms with van der Waals surface area (Å²) in [4.78, 5) is 27.9. The second kappa shape index (κ2) is 10.1. The number of halogens is 1. The number of aliphatic hydroxyl groups excluding tert-OH is 1. The highest BCUT2D eigenvalue weighted by atomic mass is 19.1. The highest BCUT2D eigenvalue weighted by Gasteiger charge is 2.47. The second-order valence-electron chi connectivity index (χ2n) is 8.22. The molecular formula is C28H26FNO6. The van der Waals surface area contributed by atoms with E-state index in [0.717, 1.165) is 0 Å². The number of Topliss-reactive ketones (excluding diaryl/α,β-unsaturated/α-hetero) is 1. The molecule has 0 aliphatic carbocycles. The fourth-order valence-corrected chi connectivity index (χ4v) is 4.21. The average molecular weight is 492 g/mol. The number of carbonyl (C=O) groups is 2. The number of carbonyl (C=O) groups excluding carboxylic acids is 2. The third kappa shape index (κ3) is 4.49. The van der Waals surface area contributed by atoms with Crippen LogP contribution in [0.25, 0.3) is 5.76 Å². The number of phenols is 1. The predicted octanol–water partition coefficient (Wildman–Crippen LogP) is 5.26. The molecule has 1 fully saturated rings. The van der Waals surface area contributed by atoms with Gasteiger partial charge < -0.3 is 19.7 Å². The molecule has 1 aliphatic rings. The van der Waals surface area contributed by atoms with Crippen LogP contribution in [-0.4, -0.2) is 35.1 Å². The van der Waals surface area contributed by atoms with Gasteiger partial charge in [-0.15, -0.1) is 0 Å². The van der Waals surface area contributed by atoms with Crippen LogP contribution in [0, 0.1) is 12.7 Å². The summed E-state index contributed by atoms with van der Waals surface area (Å²) >= 11 is 0. The van der Waals surface area contributed by atoms with Crippen molar-refractivity contribution in [3.8, 4) is 17.2 Å². The predicted molar refractivity (Wildman–Crippen MR) is 133 cm³/mol. The van der Waals surface area contributed by atoms with Crippen LogP contribution in [0.3, 0.4) is 0 Å².